The zero-order chi connectivity index (χ0) is 18.1. The van der Waals surface area contributed by atoms with Gasteiger partial charge < -0.3 is 9.92 Å². The van der Waals surface area contributed by atoms with E-state index in [-0.39, 0.29) is 11.3 Å². The first-order valence-corrected chi connectivity index (χ1v) is 8.00. The van der Waals surface area contributed by atoms with Gasteiger partial charge in [0.05, 0.1) is 10.6 Å². The maximum atomic E-state index is 12.8. The fourth-order valence-corrected chi connectivity index (χ4v) is 2.93. The first-order valence-electron chi connectivity index (χ1n) is 6.22. The lowest BCUT2D eigenvalue weighted by Gasteiger charge is -2.12. The Morgan fingerprint density at radius 2 is 1.79 bits per heavy atom. The van der Waals surface area contributed by atoms with Gasteiger partial charge in [-0.2, -0.15) is 21.6 Å². The van der Waals surface area contributed by atoms with Crippen LogP contribution in [-0.2, 0) is 16.3 Å². The van der Waals surface area contributed by atoms with Gasteiger partial charge in [-0.1, -0.05) is 17.7 Å². The summed E-state index contributed by atoms with van der Waals surface area (Å²) in [5.41, 5.74) is 3.73. The number of rotatable bonds is 4. The summed E-state index contributed by atoms with van der Waals surface area (Å²) in [7, 11) is -4.57. The second kappa shape index (κ2) is 6.33. The lowest BCUT2D eigenvalue weighted by Crippen LogP contribution is -2.14. The second-order valence-corrected chi connectivity index (χ2v) is 6.52. The van der Waals surface area contributed by atoms with E-state index in [1.807, 2.05) is 0 Å². The molecule has 2 rings (SSSR count). The van der Waals surface area contributed by atoms with Crippen molar-refractivity contribution in [3.63, 3.8) is 0 Å². The number of carbonyl (C=O) groups is 1. The number of benzene rings is 2. The van der Waals surface area contributed by atoms with Crippen molar-refractivity contribution in [3.05, 3.63) is 58.6 Å². The number of hydrogen-bond acceptors (Lipinski definition) is 4. The van der Waals surface area contributed by atoms with Crippen LogP contribution in [0.4, 0.5) is 13.2 Å². The Balaban J connectivity index is 2.41. The highest BCUT2D eigenvalue weighted by Crippen LogP contribution is 2.36. The number of carbonyl (C=O) groups excluding carboxylic acids is 1. The molecule has 0 aliphatic rings. The van der Waals surface area contributed by atoms with E-state index in [1.54, 1.807) is 0 Å². The van der Waals surface area contributed by atoms with Crippen molar-refractivity contribution in [1.29, 1.82) is 0 Å². The van der Waals surface area contributed by atoms with Crippen LogP contribution in [0.15, 0.2) is 47.4 Å². The van der Waals surface area contributed by atoms with Gasteiger partial charge in [0, 0.05) is 5.56 Å². The average molecular weight is 380 g/mol. The molecular formula is C14H9ClF3NO4S. The van der Waals surface area contributed by atoms with Crippen LogP contribution in [0.3, 0.4) is 0 Å². The lowest BCUT2D eigenvalue weighted by atomic mass is 10.2. The Labute approximate surface area is 139 Å². The molecule has 0 spiro atoms. The maximum Gasteiger partial charge on any atom is 0.417 e. The molecule has 0 unspecified atom stereocenters. The summed E-state index contributed by atoms with van der Waals surface area (Å²) in [5.74, 6) is -1.08. The lowest BCUT2D eigenvalue weighted by molar-refractivity contribution is -0.137. The van der Waals surface area contributed by atoms with Crippen LogP contribution < -0.4 is 9.92 Å². The number of hydrogen-bond donors (Lipinski definition) is 1. The molecule has 0 bridgehead atoms. The molecule has 0 saturated heterocycles. The van der Waals surface area contributed by atoms with Gasteiger partial charge in [0.25, 0.3) is 0 Å². The first-order chi connectivity index (χ1) is 11.0. The highest BCUT2D eigenvalue weighted by molar-refractivity contribution is 7.87. The van der Waals surface area contributed by atoms with E-state index in [2.05, 4.69) is 0 Å². The van der Waals surface area contributed by atoms with Crippen LogP contribution in [0, 0.1) is 0 Å². The van der Waals surface area contributed by atoms with Gasteiger partial charge in [0.15, 0.2) is 0 Å². The molecule has 128 valence electrons. The number of primary amides is 1. The predicted octanol–water partition coefficient (Wildman–Crippen LogP) is 3.23. The predicted molar refractivity (Wildman–Crippen MR) is 79.2 cm³/mol. The van der Waals surface area contributed by atoms with E-state index in [1.165, 1.54) is 18.2 Å². The number of amides is 1. The van der Waals surface area contributed by atoms with E-state index in [0.29, 0.717) is 6.07 Å². The standard InChI is InChI=1S/C14H9ClF3NO4S/c15-12-5-4-10(7-11(12)14(16,17)18)24(21,22)23-9-3-1-2-8(6-9)13(19)20/h1-7H,(H2,19,20). The summed E-state index contributed by atoms with van der Waals surface area (Å²) < 4.78 is 67.4. The van der Waals surface area contributed by atoms with E-state index in [0.717, 1.165) is 18.2 Å². The highest BCUT2D eigenvalue weighted by atomic mass is 35.5. The van der Waals surface area contributed by atoms with Gasteiger partial charge >= 0.3 is 16.3 Å². The molecule has 2 N–H and O–H groups in total. The molecule has 0 saturated carbocycles. The molecule has 2 aromatic rings. The largest absolute Gasteiger partial charge is 0.417 e. The summed E-state index contributed by atoms with van der Waals surface area (Å²) in [4.78, 5) is 10.3. The summed E-state index contributed by atoms with van der Waals surface area (Å²) in [5, 5.41) is -0.642. The molecule has 24 heavy (non-hydrogen) atoms. The van der Waals surface area contributed by atoms with Crippen molar-refractivity contribution in [2.45, 2.75) is 11.1 Å². The topological polar surface area (TPSA) is 86.5 Å². The average Bonchev–Trinajstić information content (AvgIpc) is 2.46. The molecule has 0 aliphatic carbocycles. The Bertz CT molecular complexity index is 897. The van der Waals surface area contributed by atoms with Gasteiger partial charge in [0.1, 0.15) is 10.6 Å². The van der Waals surface area contributed by atoms with Crippen molar-refractivity contribution >= 4 is 27.6 Å². The Kier molecular flexibility index (Phi) is 4.77. The zero-order valence-corrected chi connectivity index (χ0v) is 13.2. The van der Waals surface area contributed by atoms with Crippen molar-refractivity contribution in [2.75, 3.05) is 0 Å². The minimum absolute atomic E-state index is 0.0187. The van der Waals surface area contributed by atoms with Crippen LogP contribution in [-0.4, -0.2) is 14.3 Å². The van der Waals surface area contributed by atoms with Crippen molar-refractivity contribution < 1.29 is 30.6 Å². The van der Waals surface area contributed by atoms with Gasteiger partial charge in [-0.3, -0.25) is 4.79 Å². The normalized spacial score (nSPS) is 12.0. The third-order valence-electron chi connectivity index (χ3n) is 2.86. The van der Waals surface area contributed by atoms with E-state index >= 15 is 0 Å². The first kappa shape index (κ1) is 18.1. The Morgan fingerprint density at radius 1 is 1.12 bits per heavy atom. The molecule has 0 aliphatic heterocycles. The van der Waals surface area contributed by atoms with Crippen molar-refractivity contribution in [2.24, 2.45) is 5.73 Å². The molecule has 0 aromatic heterocycles. The Hall–Kier alpha value is -2.26. The van der Waals surface area contributed by atoms with E-state index in [4.69, 9.17) is 21.5 Å². The SMILES string of the molecule is NC(=O)c1cccc(OS(=O)(=O)c2ccc(Cl)c(C(F)(F)F)c2)c1. The van der Waals surface area contributed by atoms with Gasteiger partial charge in [-0.15, -0.1) is 0 Å². The third kappa shape index (κ3) is 3.98. The monoisotopic (exact) mass is 379 g/mol. The number of nitrogens with two attached hydrogens (primary N) is 1. The van der Waals surface area contributed by atoms with E-state index in [9.17, 15) is 26.4 Å². The van der Waals surface area contributed by atoms with Gasteiger partial charge in [0.2, 0.25) is 5.91 Å². The molecule has 10 heteroatoms. The third-order valence-corrected chi connectivity index (χ3v) is 4.43. The molecule has 1 amide bonds. The summed E-state index contributed by atoms with van der Waals surface area (Å²) in [6.07, 6.45) is -4.82. The zero-order valence-electron chi connectivity index (χ0n) is 11.7. The minimum atomic E-state index is -4.82. The van der Waals surface area contributed by atoms with Crippen LogP contribution >= 0.6 is 11.6 Å². The van der Waals surface area contributed by atoms with Crippen LogP contribution in [0.1, 0.15) is 15.9 Å². The summed E-state index contributed by atoms with van der Waals surface area (Å²) in [6, 6.07) is 6.96. The van der Waals surface area contributed by atoms with Gasteiger partial charge in [-0.05, 0) is 36.4 Å². The quantitative estimate of drug-likeness (QED) is 0.826. The smallest absolute Gasteiger partial charge is 0.379 e. The van der Waals surface area contributed by atoms with Crippen LogP contribution in [0.5, 0.6) is 5.75 Å². The summed E-state index contributed by atoms with van der Waals surface area (Å²) >= 11 is 5.44. The highest BCUT2D eigenvalue weighted by Gasteiger charge is 2.34. The molecular weight excluding hydrogens is 371 g/mol. The molecule has 0 fully saturated rings. The molecule has 2 aromatic carbocycles. The number of halogens is 4. The van der Waals surface area contributed by atoms with E-state index < -0.39 is 37.7 Å². The molecule has 0 radical (unpaired) electrons. The maximum absolute atomic E-state index is 12.8. The van der Waals surface area contributed by atoms with Crippen molar-refractivity contribution in [1.82, 2.24) is 0 Å². The Morgan fingerprint density at radius 3 is 2.38 bits per heavy atom. The molecule has 0 heterocycles. The number of alkyl halides is 3. The second-order valence-electron chi connectivity index (χ2n) is 4.57. The van der Waals surface area contributed by atoms with Crippen LogP contribution in [0.25, 0.3) is 0 Å². The van der Waals surface area contributed by atoms with Crippen molar-refractivity contribution in [3.8, 4) is 5.75 Å². The summed E-state index contributed by atoms with van der Waals surface area (Å²) in [6.45, 7) is 0. The fraction of sp³-hybridized carbons (Fsp3) is 0.0714. The molecule has 5 nitrogen and oxygen atoms in total. The minimum Gasteiger partial charge on any atom is -0.379 e. The van der Waals surface area contributed by atoms with Crippen LogP contribution in [0.2, 0.25) is 5.02 Å². The van der Waals surface area contributed by atoms with Gasteiger partial charge in [-0.25, -0.2) is 0 Å². The molecule has 0 atom stereocenters. The fourth-order valence-electron chi connectivity index (χ4n) is 1.75.